The van der Waals surface area contributed by atoms with Gasteiger partial charge in [-0.05, 0) is 43.6 Å². The van der Waals surface area contributed by atoms with E-state index in [1.54, 1.807) is 14.2 Å². The van der Waals surface area contributed by atoms with Crippen molar-refractivity contribution in [1.82, 2.24) is 4.90 Å². The number of rotatable bonds is 4. The van der Waals surface area contributed by atoms with Gasteiger partial charge in [-0.15, -0.1) is 0 Å². The first kappa shape index (κ1) is 12.7. The number of likely N-dealkylation sites (tertiary alicyclic amines) is 1. The Kier molecular flexibility index (Phi) is 4.06. The average molecular weight is 246 g/mol. The minimum Gasteiger partial charge on any atom is -0.497 e. The van der Waals surface area contributed by atoms with Crippen molar-refractivity contribution < 1.29 is 9.47 Å². The van der Waals surface area contributed by atoms with Gasteiger partial charge in [-0.2, -0.15) is 5.26 Å². The summed E-state index contributed by atoms with van der Waals surface area (Å²) >= 11 is 0. The molecule has 1 aromatic carbocycles. The van der Waals surface area contributed by atoms with Gasteiger partial charge in [-0.25, -0.2) is 0 Å². The lowest BCUT2D eigenvalue weighted by molar-refractivity contribution is 0.292. The Morgan fingerprint density at radius 3 is 2.11 bits per heavy atom. The van der Waals surface area contributed by atoms with Crippen LogP contribution in [0.4, 0.5) is 0 Å². The monoisotopic (exact) mass is 246 g/mol. The van der Waals surface area contributed by atoms with Crippen molar-refractivity contribution >= 4 is 0 Å². The topological polar surface area (TPSA) is 45.5 Å². The molecule has 2 rings (SSSR count). The molecule has 0 aromatic heterocycles. The van der Waals surface area contributed by atoms with Crippen LogP contribution in [0, 0.1) is 11.3 Å². The highest BCUT2D eigenvalue weighted by atomic mass is 16.5. The van der Waals surface area contributed by atoms with E-state index in [0.29, 0.717) is 0 Å². The van der Waals surface area contributed by atoms with E-state index in [2.05, 4.69) is 11.0 Å². The molecule has 1 unspecified atom stereocenters. The molecule has 4 heteroatoms. The largest absolute Gasteiger partial charge is 0.497 e. The van der Waals surface area contributed by atoms with Crippen molar-refractivity contribution in [2.24, 2.45) is 0 Å². The van der Waals surface area contributed by atoms with Crippen molar-refractivity contribution in [2.75, 3.05) is 27.3 Å². The molecule has 0 amide bonds. The minimum atomic E-state index is -0.212. The van der Waals surface area contributed by atoms with Crippen molar-refractivity contribution in [3.05, 3.63) is 23.8 Å². The molecule has 1 saturated heterocycles. The maximum Gasteiger partial charge on any atom is 0.124 e. The van der Waals surface area contributed by atoms with E-state index in [1.165, 1.54) is 12.8 Å². The molecular formula is C14H18N2O2. The van der Waals surface area contributed by atoms with Gasteiger partial charge in [0.25, 0.3) is 0 Å². The maximum atomic E-state index is 9.39. The third kappa shape index (κ3) is 2.57. The lowest BCUT2D eigenvalue weighted by Gasteiger charge is -2.22. The highest BCUT2D eigenvalue weighted by Gasteiger charge is 2.24. The molecule has 4 nitrogen and oxygen atoms in total. The third-order valence-corrected chi connectivity index (χ3v) is 3.32. The fourth-order valence-electron chi connectivity index (χ4n) is 2.35. The fourth-order valence-corrected chi connectivity index (χ4v) is 2.35. The van der Waals surface area contributed by atoms with E-state index in [1.807, 2.05) is 18.2 Å². The Labute approximate surface area is 108 Å². The second-order valence-electron chi connectivity index (χ2n) is 4.42. The molecule has 18 heavy (non-hydrogen) atoms. The van der Waals surface area contributed by atoms with E-state index in [0.717, 1.165) is 30.2 Å². The summed E-state index contributed by atoms with van der Waals surface area (Å²) in [5.41, 5.74) is 0.940. The molecule has 0 N–H and O–H groups in total. The van der Waals surface area contributed by atoms with Crippen LogP contribution in [-0.4, -0.2) is 32.2 Å². The number of nitrogens with zero attached hydrogens (tertiary/aromatic N) is 2. The molecule has 1 fully saturated rings. The van der Waals surface area contributed by atoms with E-state index >= 15 is 0 Å². The number of methoxy groups -OCH3 is 2. The zero-order valence-electron chi connectivity index (χ0n) is 10.8. The number of nitriles is 1. The quantitative estimate of drug-likeness (QED) is 0.818. The van der Waals surface area contributed by atoms with Gasteiger partial charge in [0.2, 0.25) is 0 Å². The van der Waals surface area contributed by atoms with E-state index in [-0.39, 0.29) is 6.04 Å². The summed E-state index contributed by atoms with van der Waals surface area (Å²) in [5, 5.41) is 9.39. The predicted octanol–water partition coefficient (Wildman–Crippen LogP) is 2.36. The SMILES string of the molecule is COc1cc(OC)cc(C(C#N)N2CCCC2)c1. The minimum absolute atomic E-state index is 0.212. The summed E-state index contributed by atoms with van der Waals surface area (Å²) in [6, 6.07) is 7.81. The zero-order valence-corrected chi connectivity index (χ0v) is 10.8. The van der Waals surface area contributed by atoms with Crippen LogP contribution in [0.25, 0.3) is 0 Å². The van der Waals surface area contributed by atoms with Gasteiger partial charge in [-0.1, -0.05) is 0 Å². The normalized spacial score (nSPS) is 17.2. The van der Waals surface area contributed by atoms with Crippen LogP contribution < -0.4 is 9.47 Å². The molecular weight excluding hydrogens is 228 g/mol. The Bertz CT molecular complexity index is 425. The Hall–Kier alpha value is -1.73. The van der Waals surface area contributed by atoms with Crippen LogP contribution in [0.2, 0.25) is 0 Å². The molecule has 0 bridgehead atoms. The number of hydrogen-bond donors (Lipinski definition) is 0. The first-order valence-electron chi connectivity index (χ1n) is 6.15. The van der Waals surface area contributed by atoms with Crippen LogP contribution in [0.15, 0.2) is 18.2 Å². The van der Waals surface area contributed by atoms with Crippen LogP contribution in [0.3, 0.4) is 0 Å². The van der Waals surface area contributed by atoms with Gasteiger partial charge in [0.1, 0.15) is 17.5 Å². The van der Waals surface area contributed by atoms with E-state index in [9.17, 15) is 5.26 Å². The van der Waals surface area contributed by atoms with Gasteiger partial charge < -0.3 is 9.47 Å². The fraction of sp³-hybridized carbons (Fsp3) is 0.500. The molecule has 0 spiro atoms. The molecule has 0 radical (unpaired) electrons. The van der Waals surface area contributed by atoms with Crippen molar-refractivity contribution in [1.29, 1.82) is 5.26 Å². The summed E-state index contributed by atoms with van der Waals surface area (Å²) in [4.78, 5) is 2.20. The lowest BCUT2D eigenvalue weighted by Crippen LogP contribution is -2.24. The van der Waals surface area contributed by atoms with Crippen LogP contribution in [-0.2, 0) is 0 Å². The number of benzene rings is 1. The summed E-state index contributed by atoms with van der Waals surface area (Å²) in [7, 11) is 3.24. The van der Waals surface area contributed by atoms with Crippen LogP contribution in [0.1, 0.15) is 24.4 Å². The molecule has 1 heterocycles. The molecule has 1 aliphatic heterocycles. The molecule has 0 saturated carbocycles. The first-order chi connectivity index (χ1) is 8.78. The average Bonchev–Trinajstić information content (AvgIpc) is 2.93. The van der Waals surface area contributed by atoms with Crippen LogP contribution >= 0.6 is 0 Å². The molecule has 96 valence electrons. The summed E-state index contributed by atoms with van der Waals surface area (Å²) in [5.74, 6) is 1.45. The van der Waals surface area contributed by atoms with Gasteiger partial charge in [-0.3, -0.25) is 4.90 Å². The van der Waals surface area contributed by atoms with Gasteiger partial charge >= 0.3 is 0 Å². The second-order valence-corrected chi connectivity index (χ2v) is 4.42. The van der Waals surface area contributed by atoms with E-state index in [4.69, 9.17) is 9.47 Å². The molecule has 0 aliphatic carbocycles. The number of ether oxygens (including phenoxy) is 2. The second kappa shape index (κ2) is 5.74. The summed E-state index contributed by atoms with van der Waals surface area (Å²) in [6.45, 7) is 1.97. The Balaban J connectivity index is 2.32. The highest BCUT2D eigenvalue weighted by molar-refractivity contribution is 5.41. The standard InChI is InChI=1S/C14H18N2O2/c1-17-12-7-11(8-13(9-12)18-2)14(10-15)16-5-3-4-6-16/h7-9,14H,3-6H2,1-2H3. The smallest absolute Gasteiger partial charge is 0.124 e. The molecule has 1 aliphatic rings. The molecule has 1 aromatic rings. The third-order valence-electron chi connectivity index (χ3n) is 3.32. The van der Waals surface area contributed by atoms with Gasteiger partial charge in [0.05, 0.1) is 20.3 Å². The van der Waals surface area contributed by atoms with Crippen molar-refractivity contribution in [2.45, 2.75) is 18.9 Å². The Morgan fingerprint density at radius 1 is 1.11 bits per heavy atom. The highest BCUT2D eigenvalue weighted by Crippen LogP contribution is 2.30. The van der Waals surface area contributed by atoms with Crippen molar-refractivity contribution in [3.8, 4) is 17.6 Å². The van der Waals surface area contributed by atoms with Crippen molar-refractivity contribution in [3.63, 3.8) is 0 Å². The number of hydrogen-bond acceptors (Lipinski definition) is 4. The zero-order chi connectivity index (χ0) is 13.0. The van der Waals surface area contributed by atoms with Gasteiger partial charge in [0, 0.05) is 6.07 Å². The van der Waals surface area contributed by atoms with Gasteiger partial charge in [0.15, 0.2) is 0 Å². The summed E-state index contributed by atoms with van der Waals surface area (Å²) in [6.07, 6.45) is 2.33. The first-order valence-corrected chi connectivity index (χ1v) is 6.15. The lowest BCUT2D eigenvalue weighted by atomic mass is 10.1. The van der Waals surface area contributed by atoms with Crippen LogP contribution in [0.5, 0.6) is 11.5 Å². The summed E-state index contributed by atoms with van der Waals surface area (Å²) < 4.78 is 10.5. The van der Waals surface area contributed by atoms with E-state index < -0.39 is 0 Å². The Morgan fingerprint density at radius 2 is 1.67 bits per heavy atom. The predicted molar refractivity (Wildman–Crippen MR) is 68.7 cm³/mol. The maximum absolute atomic E-state index is 9.39. The molecule has 1 atom stereocenters.